The van der Waals surface area contributed by atoms with Gasteiger partial charge in [0.15, 0.2) is 5.58 Å². The van der Waals surface area contributed by atoms with E-state index in [9.17, 15) is 4.79 Å². The highest BCUT2D eigenvalue weighted by Crippen LogP contribution is 2.18. The summed E-state index contributed by atoms with van der Waals surface area (Å²) >= 11 is 5.58. The number of alkyl halides is 1. The number of hydrogen-bond donors (Lipinski definition) is 0. The first-order valence-corrected chi connectivity index (χ1v) is 4.82. The molecule has 0 amide bonds. The normalized spacial score (nSPS) is 10.5. The van der Waals surface area contributed by atoms with Gasteiger partial charge in [-0.05, 0) is 18.2 Å². The van der Waals surface area contributed by atoms with Crippen LogP contribution in [0, 0.1) is 0 Å². The standard InChI is InChI=1S/C10H8ClNO3/c1-14-10(13)6-2-3-7-8(4-6)15-9(5-11)12-7/h2-4H,5H2,1H3. The average Bonchev–Trinajstić information content (AvgIpc) is 2.69. The first-order valence-electron chi connectivity index (χ1n) is 4.28. The number of halogens is 1. The quantitative estimate of drug-likeness (QED) is 0.582. The molecule has 2 aromatic rings. The number of oxazole rings is 1. The van der Waals surface area contributed by atoms with E-state index in [0.29, 0.717) is 22.6 Å². The Labute approximate surface area is 90.8 Å². The van der Waals surface area contributed by atoms with Gasteiger partial charge in [0.05, 0.1) is 18.6 Å². The Morgan fingerprint density at radius 3 is 3.07 bits per heavy atom. The minimum absolute atomic E-state index is 0.211. The molecule has 5 heteroatoms. The molecule has 0 unspecified atom stereocenters. The van der Waals surface area contributed by atoms with Gasteiger partial charge < -0.3 is 9.15 Å². The molecule has 0 radical (unpaired) electrons. The van der Waals surface area contributed by atoms with Crippen molar-refractivity contribution in [2.24, 2.45) is 0 Å². The van der Waals surface area contributed by atoms with Gasteiger partial charge >= 0.3 is 5.97 Å². The molecule has 78 valence electrons. The van der Waals surface area contributed by atoms with Crippen LogP contribution in [0.3, 0.4) is 0 Å². The molecule has 0 aliphatic heterocycles. The summed E-state index contributed by atoms with van der Waals surface area (Å²) in [7, 11) is 1.33. The largest absolute Gasteiger partial charge is 0.465 e. The van der Waals surface area contributed by atoms with Gasteiger partial charge in [-0.2, -0.15) is 0 Å². The maximum absolute atomic E-state index is 11.2. The second-order valence-corrected chi connectivity index (χ2v) is 3.18. The van der Waals surface area contributed by atoms with Gasteiger partial charge in [0.1, 0.15) is 5.52 Å². The topological polar surface area (TPSA) is 52.3 Å². The SMILES string of the molecule is COC(=O)c1ccc2nc(CCl)oc2c1. The fourth-order valence-corrected chi connectivity index (χ4v) is 1.39. The summed E-state index contributed by atoms with van der Waals surface area (Å²) in [5.41, 5.74) is 1.65. The molecule has 4 nitrogen and oxygen atoms in total. The van der Waals surface area contributed by atoms with Crippen molar-refractivity contribution < 1.29 is 13.9 Å². The summed E-state index contributed by atoms with van der Waals surface area (Å²) in [5.74, 6) is 0.247. The number of hydrogen-bond acceptors (Lipinski definition) is 4. The van der Waals surface area contributed by atoms with E-state index in [2.05, 4.69) is 9.72 Å². The first-order chi connectivity index (χ1) is 7.24. The molecule has 2 rings (SSSR count). The minimum Gasteiger partial charge on any atom is -0.465 e. The molecule has 0 fully saturated rings. The lowest BCUT2D eigenvalue weighted by Gasteiger charge is -1.96. The molecule has 15 heavy (non-hydrogen) atoms. The number of benzene rings is 1. The van der Waals surface area contributed by atoms with E-state index in [-0.39, 0.29) is 5.88 Å². The number of rotatable bonds is 2. The second-order valence-electron chi connectivity index (χ2n) is 2.92. The summed E-state index contributed by atoms with van der Waals surface area (Å²) < 4.78 is 9.89. The number of methoxy groups -OCH3 is 1. The van der Waals surface area contributed by atoms with Crippen molar-refractivity contribution in [3.05, 3.63) is 29.7 Å². The van der Waals surface area contributed by atoms with Crippen molar-refractivity contribution in [2.75, 3.05) is 7.11 Å². The second kappa shape index (κ2) is 3.90. The van der Waals surface area contributed by atoms with Crippen molar-refractivity contribution in [2.45, 2.75) is 5.88 Å². The summed E-state index contributed by atoms with van der Waals surface area (Å²) in [6, 6.07) is 4.92. The zero-order chi connectivity index (χ0) is 10.8. The van der Waals surface area contributed by atoms with Crippen LogP contribution in [0.2, 0.25) is 0 Å². The van der Waals surface area contributed by atoms with Crippen molar-refractivity contribution in [3.63, 3.8) is 0 Å². The fourth-order valence-electron chi connectivity index (χ4n) is 1.27. The van der Waals surface area contributed by atoms with Crippen LogP contribution in [0.25, 0.3) is 11.1 Å². The molecular weight excluding hydrogens is 218 g/mol. The molecule has 0 aliphatic rings. The van der Waals surface area contributed by atoms with Gasteiger partial charge in [-0.15, -0.1) is 11.6 Å². The molecule has 0 saturated carbocycles. The molecule has 0 N–H and O–H groups in total. The zero-order valence-electron chi connectivity index (χ0n) is 7.99. The van der Waals surface area contributed by atoms with Crippen LogP contribution in [-0.2, 0) is 10.6 Å². The van der Waals surface area contributed by atoms with Crippen LogP contribution in [0.4, 0.5) is 0 Å². The Morgan fingerprint density at radius 1 is 1.60 bits per heavy atom. The molecule has 0 aliphatic carbocycles. The summed E-state index contributed by atoms with van der Waals surface area (Å²) in [6.45, 7) is 0. The monoisotopic (exact) mass is 225 g/mol. The van der Waals surface area contributed by atoms with Crippen LogP contribution in [0.5, 0.6) is 0 Å². The lowest BCUT2D eigenvalue weighted by molar-refractivity contribution is 0.0601. The number of nitrogens with zero attached hydrogens (tertiary/aromatic N) is 1. The fraction of sp³-hybridized carbons (Fsp3) is 0.200. The van der Waals surface area contributed by atoms with Crippen LogP contribution in [0.1, 0.15) is 16.2 Å². The molecule has 0 bridgehead atoms. The molecular formula is C10H8ClNO3. The predicted molar refractivity (Wildman–Crippen MR) is 54.9 cm³/mol. The highest BCUT2D eigenvalue weighted by atomic mass is 35.5. The van der Waals surface area contributed by atoms with E-state index in [1.165, 1.54) is 7.11 Å². The predicted octanol–water partition coefficient (Wildman–Crippen LogP) is 2.35. The van der Waals surface area contributed by atoms with E-state index < -0.39 is 5.97 Å². The number of ether oxygens (including phenoxy) is 1. The Bertz CT molecular complexity index is 506. The maximum atomic E-state index is 11.2. The van der Waals surface area contributed by atoms with Crippen molar-refractivity contribution in [1.82, 2.24) is 4.98 Å². The first kappa shape index (κ1) is 9.98. The Kier molecular flexibility index (Phi) is 2.60. The Morgan fingerprint density at radius 2 is 2.40 bits per heavy atom. The highest BCUT2D eigenvalue weighted by molar-refractivity contribution is 6.16. The lowest BCUT2D eigenvalue weighted by atomic mass is 10.2. The molecule has 0 saturated heterocycles. The minimum atomic E-state index is -0.402. The summed E-state index contributed by atoms with van der Waals surface area (Å²) in [6.07, 6.45) is 0. The van der Waals surface area contributed by atoms with Crippen molar-refractivity contribution in [3.8, 4) is 0 Å². The highest BCUT2D eigenvalue weighted by Gasteiger charge is 2.09. The van der Waals surface area contributed by atoms with E-state index >= 15 is 0 Å². The molecule has 0 spiro atoms. The summed E-state index contributed by atoms with van der Waals surface area (Å²) in [5, 5.41) is 0. The number of aromatic nitrogens is 1. The average molecular weight is 226 g/mol. The van der Waals surface area contributed by atoms with Crippen LogP contribution >= 0.6 is 11.6 Å². The van der Waals surface area contributed by atoms with Gasteiger partial charge in [0.2, 0.25) is 5.89 Å². The number of carbonyl (C=O) groups excluding carboxylic acids is 1. The third kappa shape index (κ3) is 1.80. The van der Waals surface area contributed by atoms with Gasteiger partial charge in [-0.25, -0.2) is 9.78 Å². The van der Waals surface area contributed by atoms with Crippen LogP contribution in [0.15, 0.2) is 22.6 Å². The number of fused-ring (bicyclic) bond motifs is 1. The van der Waals surface area contributed by atoms with Crippen LogP contribution < -0.4 is 0 Å². The Hall–Kier alpha value is -1.55. The smallest absolute Gasteiger partial charge is 0.337 e. The third-order valence-electron chi connectivity index (χ3n) is 1.97. The van der Waals surface area contributed by atoms with Gasteiger partial charge in [-0.1, -0.05) is 0 Å². The maximum Gasteiger partial charge on any atom is 0.337 e. The van der Waals surface area contributed by atoms with Crippen LogP contribution in [-0.4, -0.2) is 18.1 Å². The van der Waals surface area contributed by atoms with Crippen molar-refractivity contribution in [1.29, 1.82) is 0 Å². The Balaban J connectivity index is 2.50. The van der Waals surface area contributed by atoms with Crippen molar-refractivity contribution >= 4 is 28.7 Å². The van der Waals surface area contributed by atoms with E-state index in [4.69, 9.17) is 16.0 Å². The van der Waals surface area contributed by atoms with Gasteiger partial charge in [-0.3, -0.25) is 0 Å². The van der Waals surface area contributed by atoms with E-state index in [1.807, 2.05) is 0 Å². The summed E-state index contributed by atoms with van der Waals surface area (Å²) in [4.78, 5) is 15.3. The molecule has 1 aromatic carbocycles. The lowest BCUT2D eigenvalue weighted by Crippen LogP contribution is -2.00. The van der Waals surface area contributed by atoms with E-state index in [1.54, 1.807) is 18.2 Å². The number of esters is 1. The van der Waals surface area contributed by atoms with Gasteiger partial charge in [0, 0.05) is 0 Å². The zero-order valence-corrected chi connectivity index (χ0v) is 8.75. The molecule has 0 atom stereocenters. The molecule has 1 heterocycles. The third-order valence-corrected chi connectivity index (χ3v) is 2.20. The molecule has 1 aromatic heterocycles. The van der Waals surface area contributed by atoms with E-state index in [0.717, 1.165) is 0 Å². The van der Waals surface area contributed by atoms with Gasteiger partial charge in [0.25, 0.3) is 0 Å². The number of carbonyl (C=O) groups is 1.